The lowest BCUT2D eigenvalue weighted by atomic mass is 10.0. The highest BCUT2D eigenvalue weighted by Crippen LogP contribution is 2.28. The minimum atomic E-state index is -0.596. The van der Waals surface area contributed by atoms with Crippen molar-refractivity contribution in [2.75, 3.05) is 33.8 Å². The smallest absolute Gasteiger partial charge is 0.410 e. The Balaban J connectivity index is 2.10. The van der Waals surface area contributed by atoms with E-state index in [0.717, 1.165) is 5.56 Å². The summed E-state index contributed by atoms with van der Waals surface area (Å²) < 4.78 is 10.3. The van der Waals surface area contributed by atoms with Crippen LogP contribution in [0.5, 0.6) is 0 Å². The van der Waals surface area contributed by atoms with Crippen LogP contribution in [-0.4, -0.2) is 73.2 Å². The van der Waals surface area contributed by atoms with Crippen molar-refractivity contribution >= 4 is 18.0 Å². The number of carbonyl (C=O) groups is 3. The molecule has 8 nitrogen and oxygen atoms in total. The molecular formula is C22H33N3O5. The molecule has 8 heteroatoms. The van der Waals surface area contributed by atoms with Gasteiger partial charge in [-0.3, -0.25) is 14.5 Å². The molecule has 1 saturated heterocycles. The largest absolute Gasteiger partial charge is 0.468 e. The van der Waals surface area contributed by atoms with E-state index in [2.05, 4.69) is 5.32 Å². The fraction of sp³-hybridized carbons (Fsp3) is 0.591. The number of ether oxygens (including phenoxy) is 2. The summed E-state index contributed by atoms with van der Waals surface area (Å²) in [5.74, 6) is -0.439. The standard InChI is InChI=1S/C22H33N3O5/c1-22(2,3)30-21(28)25-14-13-24(15-18(25)16-9-7-6-8-10-16)19(26)12-11-17(23-4)20(27)29-5/h6-10,17-18,23H,11-15H2,1-5H3/t17-,18?/m0/s1. The van der Waals surface area contributed by atoms with Gasteiger partial charge in [-0.15, -0.1) is 0 Å². The first-order chi connectivity index (χ1) is 14.2. The molecule has 0 radical (unpaired) electrons. The van der Waals surface area contributed by atoms with Crippen LogP contribution in [0.2, 0.25) is 0 Å². The quantitative estimate of drug-likeness (QED) is 0.712. The molecule has 1 aliphatic rings. The molecule has 1 aliphatic heterocycles. The maximum Gasteiger partial charge on any atom is 0.410 e. The van der Waals surface area contributed by atoms with Crippen LogP contribution in [0.3, 0.4) is 0 Å². The molecule has 1 aromatic carbocycles. The van der Waals surface area contributed by atoms with E-state index in [-0.39, 0.29) is 30.4 Å². The molecule has 2 amide bonds. The fourth-order valence-corrected chi connectivity index (χ4v) is 3.46. The number of nitrogens with one attached hydrogen (secondary N) is 1. The Morgan fingerprint density at radius 1 is 1.17 bits per heavy atom. The number of amides is 2. The molecule has 2 atom stereocenters. The van der Waals surface area contributed by atoms with Gasteiger partial charge >= 0.3 is 12.1 Å². The van der Waals surface area contributed by atoms with Gasteiger partial charge in [-0.05, 0) is 39.8 Å². The molecule has 1 fully saturated rings. The van der Waals surface area contributed by atoms with Gasteiger partial charge in [0.1, 0.15) is 11.6 Å². The van der Waals surface area contributed by atoms with Gasteiger partial charge in [-0.25, -0.2) is 4.79 Å². The molecule has 1 heterocycles. The van der Waals surface area contributed by atoms with Crippen molar-refractivity contribution in [1.82, 2.24) is 15.1 Å². The number of hydrogen-bond acceptors (Lipinski definition) is 6. The van der Waals surface area contributed by atoms with Crippen LogP contribution < -0.4 is 5.32 Å². The molecule has 0 saturated carbocycles. The Bertz CT molecular complexity index is 732. The van der Waals surface area contributed by atoms with Crippen molar-refractivity contribution in [3.8, 4) is 0 Å². The third-order valence-electron chi connectivity index (χ3n) is 5.03. The van der Waals surface area contributed by atoms with Crippen molar-refractivity contribution in [2.45, 2.75) is 51.3 Å². The number of benzene rings is 1. The Kier molecular flexibility index (Phi) is 8.23. The number of hydrogen-bond donors (Lipinski definition) is 1. The van der Waals surface area contributed by atoms with Crippen LogP contribution in [-0.2, 0) is 19.1 Å². The Hall–Kier alpha value is -2.61. The first-order valence-corrected chi connectivity index (χ1v) is 10.2. The lowest BCUT2D eigenvalue weighted by Gasteiger charge is -2.42. The first-order valence-electron chi connectivity index (χ1n) is 10.2. The average molecular weight is 420 g/mol. The SMILES string of the molecule is CN[C@@H](CCC(=O)N1CCN(C(=O)OC(C)(C)C)C(c2ccccc2)C1)C(=O)OC. The summed E-state index contributed by atoms with van der Waals surface area (Å²) in [5.41, 5.74) is 0.352. The number of esters is 1. The van der Waals surface area contributed by atoms with E-state index in [9.17, 15) is 14.4 Å². The van der Waals surface area contributed by atoms with Gasteiger partial charge in [-0.1, -0.05) is 30.3 Å². The zero-order chi connectivity index (χ0) is 22.3. The molecule has 1 aromatic rings. The maximum atomic E-state index is 12.8. The van der Waals surface area contributed by atoms with Gasteiger partial charge in [0.2, 0.25) is 5.91 Å². The molecule has 0 spiro atoms. The summed E-state index contributed by atoms with van der Waals surface area (Å²) in [6, 6.07) is 8.83. The Morgan fingerprint density at radius 3 is 2.40 bits per heavy atom. The average Bonchev–Trinajstić information content (AvgIpc) is 2.72. The van der Waals surface area contributed by atoms with E-state index in [1.54, 1.807) is 16.8 Å². The number of methoxy groups -OCH3 is 1. The molecular weight excluding hydrogens is 386 g/mol. The van der Waals surface area contributed by atoms with E-state index < -0.39 is 11.6 Å². The minimum absolute atomic E-state index is 0.0519. The molecule has 0 aliphatic carbocycles. The van der Waals surface area contributed by atoms with Crippen LogP contribution >= 0.6 is 0 Å². The maximum absolute atomic E-state index is 12.8. The van der Waals surface area contributed by atoms with Crippen molar-refractivity contribution in [2.24, 2.45) is 0 Å². The van der Waals surface area contributed by atoms with Crippen molar-refractivity contribution in [3.63, 3.8) is 0 Å². The number of rotatable bonds is 6. The normalized spacial score (nSPS) is 18.0. The van der Waals surface area contributed by atoms with E-state index in [0.29, 0.717) is 26.1 Å². The molecule has 30 heavy (non-hydrogen) atoms. The number of nitrogens with zero attached hydrogens (tertiary/aromatic N) is 2. The van der Waals surface area contributed by atoms with Gasteiger partial charge in [0.05, 0.1) is 13.2 Å². The van der Waals surface area contributed by atoms with Crippen molar-refractivity contribution < 1.29 is 23.9 Å². The molecule has 1 unspecified atom stereocenters. The number of piperazine rings is 1. The summed E-state index contributed by atoms with van der Waals surface area (Å²) in [6.45, 7) is 6.69. The highest BCUT2D eigenvalue weighted by Gasteiger charge is 2.35. The van der Waals surface area contributed by atoms with Crippen molar-refractivity contribution in [3.05, 3.63) is 35.9 Å². The zero-order valence-electron chi connectivity index (χ0n) is 18.5. The van der Waals surface area contributed by atoms with E-state index >= 15 is 0 Å². The molecule has 0 bridgehead atoms. The second-order valence-corrected chi connectivity index (χ2v) is 8.34. The van der Waals surface area contributed by atoms with Gasteiger partial charge in [0, 0.05) is 26.1 Å². The predicted molar refractivity (Wildman–Crippen MR) is 113 cm³/mol. The number of likely N-dealkylation sites (N-methyl/N-ethyl adjacent to an activating group) is 1. The predicted octanol–water partition coefficient (Wildman–Crippen LogP) is 2.35. The minimum Gasteiger partial charge on any atom is -0.468 e. The summed E-state index contributed by atoms with van der Waals surface area (Å²) in [6.07, 6.45) is 0.183. The summed E-state index contributed by atoms with van der Waals surface area (Å²) in [5, 5.41) is 2.87. The van der Waals surface area contributed by atoms with Gasteiger partial charge in [0.25, 0.3) is 0 Å². The van der Waals surface area contributed by atoms with Gasteiger partial charge in [-0.2, -0.15) is 0 Å². The van der Waals surface area contributed by atoms with Crippen LogP contribution in [0.25, 0.3) is 0 Å². The molecule has 166 valence electrons. The molecule has 0 aromatic heterocycles. The lowest BCUT2D eigenvalue weighted by Crippen LogP contribution is -2.53. The van der Waals surface area contributed by atoms with E-state index in [1.807, 2.05) is 51.1 Å². The third-order valence-corrected chi connectivity index (χ3v) is 5.03. The second-order valence-electron chi connectivity index (χ2n) is 8.34. The third kappa shape index (κ3) is 6.45. The van der Waals surface area contributed by atoms with Crippen LogP contribution in [0, 0.1) is 0 Å². The van der Waals surface area contributed by atoms with Crippen molar-refractivity contribution in [1.29, 1.82) is 0 Å². The lowest BCUT2D eigenvalue weighted by molar-refractivity contribution is -0.143. The van der Waals surface area contributed by atoms with E-state index in [1.165, 1.54) is 7.11 Å². The Labute approximate surface area is 178 Å². The van der Waals surface area contributed by atoms with Crippen LogP contribution in [0.1, 0.15) is 45.2 Å². The molecule has 2 rings (SSSR count). The first kappa shape index (κ1) is 23.7. The number of carbonyl (C=O) groups excluding carboxylic acids is 3. The zero-order valence-corrected chi connectivity index (χ0v) is 18.5. The van der Waals surface area contributed by atoms with Crippen LogP contribution in [0.4, 0.5) is 4.79 Å². The second kappa shape index (κ2) is 10.4. The highest BCUT2D eigenvalue weighted by atomic mass is 16.6. The summed E-state index contributed by atoms with van der Waals surface area (Å²) >= 11 is 0. The van der Waals surface area contributed by atoms with Gasteiger partial charge < -0.3 is 19.7 Å². The van der Waals surface area contributed by atoms with Crippen LogP contribution in [0.15, 0.2) is 30.3 Å². The van der Waals surface area contributed by atoms with Gasteiger partial charge in [0.15, 0.2) is 0 Å². The fourth-order valence-electron chi connectivity index (χ4n) is 3.46. The summed E-state index contributed by atoms with van der Waals surface area (Å²) in [4.78, 5) is 40.8. The topological polar surface area (TPSA) is 88.2 Å². The molecule has 1 N–H and O–H groups in total. The summed E-state index contributed by atoms with van der Waals surface area (Å²) in [7, 11) is 2.99. The van der Waals surface area contributed by atoms with E-state index in [4.69, 9.17) is 9.47 Å². The highest BCUT2D eigenvalue weighted by molar-refractivity contribution is 5.80. The Morgan fingerprint density at radius 2 is 1.83 bits per heavy atom. The monoisotopic (exact) mass is 419 g/mol.